The third kappa shape index (κ3) is 4.47. The molecule has 0 atom stereocenters. The van der Waals surface area contributed by atoms with Gasteiger partial charge in [0.25, 0.3) is 5.91 Å². The van der Waals surface area contributed by atoms with Gasteiger partial charge in [0.1, 0.15) is 5.69 Å². The highest BCUT2D eigenvalue weighted by atomic mass is 16.1. The molecule has 0 spiro atoms. The van der Waals surface area contributed by atoms with Gasteiger partial charge in [-0.1, -0.05) is 32.6 Å². The molecule has 0 aliphatic heterocycles. The van der Waals surface area contributed by atoms with Crippen LogP contribution in [0.15, 0.2) is 12.3 Å². The van der Waals surface area contributed by atoms with Crippen LogP contribution in [0.1, 0.15) is 62.4 Å². The lowest BCUT2D eigenvalue weighted by molar-refractivity contribution is 0.0948. The number of rotatable bonds is 6. The molecule has 1 aliphatic rings. The second-order valence-electron chi connectivity index (χ2n) is 5.35. The van der Waals surface area contributed by atoms with E-state index in [0.29, 0.717) is 24.2 Å². The lowest BCUT2D eigenvalue weighted by Crippen LogP contribution is -2.27. The van der Waals surface area contributed by atoms with Crippen LogP contribution >= 0.6 is 0 Å². The summed E-state index contributed by atoms with van der Waals surface area (Å²) in [6.45, 7) is 2.80. The van der Waals surface area contributed by atoms with E-state index in [1.807, 2.05) is 0 Å². The first-order valence-electron chi connectivity index (χ1n) is 7.67. The Morgan fingerprint density at radius 1 is 1.35 bits per heavy atom. The van der Waals surface area contributed by atoms with Crippen LogP contribution in [0.25, 0.3) is 0 Å². The summed E-state index contributed by atoms with van der Waals surface area (Å²) in [4.78, 5) is 20.5. The first-order chi connectivity index (χ1) is 9.79. The van der Waals surface area contributed by atoms with Crippen molar-refractivity contribution in [2.45, 2.75) is 57.9 Å². The Morgan fingerprint density at radius 3 is 2.90 bits per heavy atom. The molecule has 110 valence electrons. The van der Waals surface area contributed by atoms with Crippen molar-refractivity contribution in [2.75, 3.05) is 11.9 Å². The average Bonchev–Trinajstić information content (AvgIpc) is 2.49. The average molecular weight is 276 g/mol. The van der Waals surface area contributed by atoms with E-state index in [-0.39, 0.29) is 5.91 Å². The number of carbonyl (C=O) groups excluding carboxylic acids is 1. The molecule has 0 unspecified atom stereocenters. The van der Waals surface area contributed by atoms with Crippen molar-refractivity contribution in [3.63, 3.8) is 0 Å². The summed E-state index contributed by atoms with van der Waals surface area (Å²) in [7, 11) is 0. The molecule has 1 heterocycles. The lowest BCUT2D eigenvalue weighted by atomic mass is 9.96. The second kappa shape index (κ2) is 7.82. The van der Waals surface area contributed by atoms with Gasteiger partial charge in [-0.2, -0.15) is 0 Å². The summed E-state index contributed by atoms with van der Waals surface area (Å²) in [5.41, 5.74) is 0.439. The van der Waals surface area contributed by atoms with Gasteiger partial charge < -0.3 is 10.6 Å². The molecule has 1 aromatic heterocycles. The van der Waals surface area contributed by atoms with Crippen molar-refractivity contribution in [1.29, 1.82) is 0 Å². The van der Waals surface area contributed by atoms with Crippen molar-refractivity contribution in [2.24, 2.45) is 0 Å². The number of hydrogen-bond acceptors (Lipinski definition) is 4. The molecule has 1 amide bonds. The Labute approximate surface area is 120 Å². The smallest absolute Gasteiger partial charge is 0.270 e. The molecule has 0 radical (unpaired) electrons. The Hall–Kier alpha value is -1.65. The fraction of sp³-hybridized carbons (Fsp3) is 0.667. The Bertz CT molecular complexity index is 430. The number of unbranched alkanes of at least 4 members (excludes halogenated alkanes) is 1. The first kappa shape index (κ1) is 14.8. The predicted octanol–water partition coefficient (Wildman–Crippen LogP) is 2.75. The van der Waals surface area contributed by atoms with Gasteiger partial charge in [-0.25, -0.2) is 9.97 Å². The number of nitrogens with one attached hydrogen (secondary N) is 2. The molecule has 1 saturated carbocycles. The number of amides is 1. The topological polar surface area (TPSA) is 66.9 Å². The maximum atomic E-state index is 11.9. The second-order valence-corrected chi connectivity index (χ2v) is 5.35. The maximum absolute atomic E-state index is 11.9. The summed E-state index contributed by atoms with van der Waals surface area (Å²) in [6, 6.07) is 2.11. The third-order valence-corrected chi connectivity index (χ3v) is 3.64. The fourth-order valence-corrected chi connectivity index (χ4v) is 2.45. The first-order valence-corrected chi connectivity index (χ1v) is 7.67. The normalized spacial score (nSPS) is 15.8. The summed E-state index contributed by atoms with van der Waals surface area (Å²) < 4.78 is 0. The molecule has 1 fully saturated rings. The Kier molecular flexibility index (Phi) is 5.77. The molecule has 2 rings (SSSR count). The zero-order valence-corrected chi connectivity index (χ0v) is 12.2. The van der Waals surface area contributed by atoms with Crippen molar-refractivity contribution in [1.82, 2.24) is 15.3 Å². The molecule has 0 saturated heterocycles. The van der Waals surface area contributed by atoms with E-state index in [1.165, 1.54) is 19.3 Å². The van der Waals surface area contributed by atoms with Crippen LogP contribution < -0.4 is 10.6 Å². The number of aromatic nitrogens is 2. The summed E-state index contributed by atoms with van der Waals surface area (Å²) >= 11 is 0. The van der Waals surface area contributed by atoms with Crippen molar-refractivity contribution >= 4 is 11.9 Å². The molecule has 0 bridgehead atoms. The van der Waals surface area contributed by atoms with E-state index in [4.69, 9.17) is 0 Å². The van der Waals surface area contributed by atoms with Gasteiger partial charge in [-0.3, -0.25) is 4.79 Å². The highest BCUT2D eigenvalue weighted by Gasteiger charge is 2.15. The Balaban J connectivity index is 1.91. The number of anilines is 1. The fourth-order valence-electron chi connectivity index (χ4n) is 2.45. The van der Waals surface area contributed by atoms with Gasteiger partial charge in [0.05, 0.1) is 0 Å². The summed E-state index contributed by atoms with van der Waals surface area (Å²) in [6.07, 6.45) is 9.87. The van der Waals surface area contributed by atoms with Crippen molar-refractivity contribution < 1.29 is 4.79 Å². The number of hydrogen-bond donors (Lipinski definition) is 2. The highest BCUT2D eigenvalue weighted by molar-refractivity contribution is 5.92. The van der Waals surface area contributed by atoms with E-state index in [2.05, 4.69) is 27.5 Å². The molecule has 5 nitrogen and oxygen atoms in total. The molecule has 1 aromatic rings. The highest BCUT2D eigenvalue weighted by Crippen LogP contribution is 2.20. The van der Waals surface area contributed by atoms with Crippen LogP contribution in [0.3, 0.4) is 0 Å². The predicted molar refractivity (Wildman–Crippen MR) is 79.8 cm³/mol. The van der Waals surface area contributed by atoms with Gasteiger partial charge >= 0.3 is 0 Å². The van der Waals surface area contributed by atoms with Gasteiger partial charge in [0, 0.05) is 18.8 Å². The largest absolute Gasteiger partial charge is 0.351 e. The molecule has 5 heteroatoms. The molecule has 2 N–H and O–H groups in total. The summed E-state index contributed by atoms with van der Waals surface area (Å²) in [5, 5.41) is 6.21. The van der Waals surface area contributed by atoms with Crippen molar-refractivity contribution in [3.05, 3.63) is 18.0 Å². The monoisotopic (exact) mass is 276 g/mol. The van der Waals surface area contributed by atoms with E-state index in [9.17, 15) is 4.79 Å². The number of carbonyl (C=O) groups is 1. The quantitative estimate of drug-likeness (QED) is 0.784. The van der Waals surface area contributed by atoms with E-state index in [1.54, 1.807) is 12.3 Å². The minimum Gasteiger partial charge on any atom is -0.351 e. The van der Waals surface area contributed by atoms with E-state index >= 15 is 0 Å². The molecule has 20 heavy (non-hydrogen) atoms. The SMILES string of the molecule is CCCCNC(=O)c1ccnc(NC2CCCCC2)n1. The van der Waals surface area contributed by atoms with Crippen LogP contribution in [-0.2, 0) is 0 Å². The van der Waals surface area contributed by atoms with Crippen LogP contribution in [0.5, 0.6) is 0 Å². The van der Waals surface area contributed by atoms with Crippen molar-refractivity contribution in [3.8, 4) is 0 Å². The zero-order valence-electron chi connectivity index (χ0n) is 12.2. The molecule has 1 aliphatic carbocycles. The number of nitrogens with zero attached hydrogens (tertiary/aromatic N) is 2. The summed E-state index contributed by atoms with van der Waals surface area (Å²) in [5.74, 6) is 0.451. The van der Waals surface area contributed by atoms with Gasteiger partial charge in [0.2, 0.25) is 5.95 Å². The molecule has 0 aromatic carbocycles. The van der Waals surface area contributed by atoms with Gasteiger partial charge in [-0.15, -0.1) is 0 Å². The van der Waals surface area contributed by atoms with Crippen LogP contribution in [0.2, 0.25) is 0 Å². The minimum atomic E-state index is -0.118. The third-order valence-electron chi connectivity index (χ3n) is 3.64. The zero-order chi connectivity index (χ0) is 14.2. The maximum Gasteiger partial charge on any atom is 0.270 e. The Morgan fingerprint density at radius 2 is 2.15 bits per heavy atom. The molecular weight excluding hydrogens is 252 g/mol. The van der Waals surface area contributed by atoms with Crippen LogP contribution in [-0.4, -0.2) is 28.5 Å². The minimum absolute atomic E-state index is 0.118. The van der Waals surface area contributed by atoms with Gasteiger partial charge in [-0.05, 0) is 25.3 Å². The van der Waals surface area contributed by atoms with Gasteiger partial charge in [0.15, 0.2) is 0 Å². The standard InChI is InChI=1S/C15H24N4O/c1-2-3-10-16-14(20)13-9-11-17-15(19-13)18-12-7-5-4-6-8-12/h9,11-12H,2-8,10H2,1H3,(H,16,20)(H,17,18,19). The molecular formula is C15H24N4O. The van der Waals surface area contributed by atoms with E-state index in [0.717, 1.165) is 25.7 Å². The van der Waals surface area contributed by atoms with Crippen LogP contribution in [0, 0.1) is 0 Å². The van der Waals surface area contributed by atoms with E-state index < -0.39 is 0 Å². The lowest BCUT2D eigenvalue weighted by Gasteiger charge is -2.22. The van der Waals surface area contributed by atoms with Crippen LogP contribution in [0.4, 0.5) is 5.95 Å².